The standard InChI is InChI=1S/C28H29BrN4O5/c1-16-8-6-9-17(2)24(16)31-23(34)15-38-26-21(29)12-20(13-22(26)37-5)14-30-33-28(36)27(35)32-25-18(3)10-7-11-19(25)4/h6-14H,15H2,1-5H3,(H,31,34)(H,32,35)(H,33,36)/b30-14-. The highest BCUT2D eigenvalue weighted by Crippen LogP contribution is 2.36. The van der Waals surface area contributed by atoms with E-state index in [1.807, 2.05) is 64.1 Å². The lowest BCUT2D eigenvalue weighted by molar-refractivity contribution is -0.136. The van der Waals surface area contributed by atoms with Gasteiger partial charge in [0.1, 0.15) is 0 Å². The summed E-state index contributed by atoms with van der Waals surface area (Å²) in [4.78, 5) is 37.0. The van der Waals surface area contributed by atoms with E-state index in [-0.39, 0.29) is 12.5 Å². The lowest BCUT2D eigenvalue weighted by atomic mass is 10.1. The second kappa shape index (κ2) is 12.9. The third kappa shape index (κ3) is 7.19. The first kappa shape index (κ1) is 28.4. The highest BCUT2D eigenvalue weighted by atomic mass is 79.9. The molecule has 3 amide bonds. The number of ether oxygens (including phenoxy) is 2. The number of nitrogens with one attached hydrogen (secondary N) is 3. The molecule has 0 saturated heterocycles. The maximum Gasteiger partial charge on any atom is 0.329 e. The van der Waals surface area contributed by atoms with Gasteiger partial charge in [0.15, 0.2) is 18.1 Å². The van der Waals surface area contributed by atoms with Gasteiger partial charge in [-0.05, 0) is 83.6 Å². The zero-order valence-electron chi connectivity index (χ0n) is 21.8. The van der Waals surface area contributed by atoms with Crippen molar-refractivity contribution in [2.24, 2.45) is 5.10 Å². The van der Waals surface area contributed by atoms with Crippen molar-refractivity contribution in [2.45, 2.75) is 27.7 Å². The molecule has 0 aromatic heterocycles. The Morgan fingerprint density at radius 3 is 1.97 bits per heavy atom. The molecule has 0 saturated carbocycles. The van der Waals surface area contributed by atoms with Gasteiger partial charge in [0, 0.05) is 11.4 Å². The number of hydrogen-bond donors (Lipinski definition) is 3. The van der Waals surface area contributed by atoms with Crippen molar-refractivity contribution in [3.05, 3.63) is 80.8 Å². The van der Waals surface area contributed by atoms with Crippen LogP contribution in [0.1, 0.15) is 27.8 Å². The average Bonchev–Trinajstić information content (AvgIpc) is 2.87. The van der Waals surface area contributed by atoms with Crippen LogP contribution in [0.3, 0.4) is 0 Å². The largest absolute Gasteiger partial charge is 0.493 e. The predicted octanol–water partition coefficient (Wildman–Crippen LogP) is 4.80. The van der Waals surface area contributed by atoms with Crippen molar-refractivity contribution in [2.75, 3.05) is 24.4 Å². The fraction of sp³-hybridized carbons (Fsp3) is 0.214. The van der Waals surface area contributed by atoms with Crippen LogP contribution in [0.2, 0.25) is 0 Å². The summed E-state index contributed by atoms with van der Waals surface area (Å²) in [5, 5.41) is 9.34. The molecular formula is C28H29BrN4O5. The summed E-state index contributed by atoms with van der Waals surface area (Å²) in [7, 11) is 1.46. The van der Waals surface area contributed by atoms with E-state index in [0.29, 0.717) is 27.2 Å². The lowest BCUT2D eigenvalue weighted by Gasteiger charge is -2.15. The summed E-state index contributed by atoms with van der Waals surface area (Å²) in [6, 6.07) is 14.6. The number of benzene rings is 3. The Hall–Kier alpha value is -4.18. The van der Waals surface area contributed by atoms with E-state index in [2.05, 4.69) is 37.1 Å². The highest BCUT2D eigenvalue weighted by molar-refractivity contribution is 9.10. The zero-order valence-corrected chi connectivity index (χ0v) is 23.4. The third-order valence-electron chi connectivity index (χ3n) is 5.65. The van der Waals surface area contributed by atoms with Gasteiger partial charge < -0.3 is 20.1 Å². The summed E-state index contributed by atoms with van der Waals surface area (Å²) >= 11 is 3.42. The van der Waals surface area contributed by atoms with Crippen molar-refractivity contribution < 1.29 is 23.9 Å². The number of methoxy groups -OCH3 is 1. The van der Waals surface area contributed by atoms with Gasteiger partial charge in [-0.1, -0.05) is 36.4 Å². The van der Waals surface area contributed by atoms with Crippen molar-refractivity contribution in [3.8, 4) is 11.5 Å². The van der Waals surface area contributed by atoms with Gasteiger partial charge >= 0.3 is 11.8 Å². The molecule has 0 radical (unpaired) electrons. The Morgan fingerprint density at radius 2 is 1.42 bits per heavy atom. The number of hydrazone groups is 1. The van der Waals surface area contributed by atoms with E-state index >= 15 is 0 Å². The van der Waals surface area contributed by atoms with Crippen LogP contribution in [0.4, 0.5) is 11.4 Å². The van der Waals surface area contributed by atoms with Crippen molar-refractivity contribution in [1.82, 2.24) is 5.43 Å². The Bertz CT molecular complexity index is 1360. The first-order chi connectivity index (χ1) is 18.1. The second-order valence-electron chi connectivity index (χ2n) is 8.56. The maximum atomic E-state index is 12.5. The summed E-state index contributed by atoms with van der Waals surface area (Å²) in [5.41, 5.74) is 7.70. The number of halogens is 1. The number of rotatable bonds is 8. The number of nitrogens with zero attached hydrogens (tertiary/aromatic N) is 1. The minimum atomic E-state index is -0.912. The molecule has 0 fully saturated rings. The molecule has 10 heteroatoms. The number of para-hydroxylation sites is 2. The predicted molar refractivity (Wildman–Crippen MR) is 151 cm³/mol. The molecular weight excluding hydrogens is 552 g/mol. The number of carbonyl (C=O) groups excluding carboxylic acids is 3. The van der Waals surface area contributed by atoms with Gasteiger partial charge in [-0.25, -0.2) is 5.43 Å². The van der Waals surface area contributed by atoms with Crippen molar-refractivity contribution >= 4 is 51.2 Å². The molecule has 0 atom stereocenters. The van der Waals surface area contributed by atoms with Crippen LogP contribution in [-0.2, 0) is 14.4 Å². The van der Waals surface area contributed by atoms with E-state index in [1.165, 1.54) is 13.3 Å². The topological polar surface area (TPSA) is 118 Å². The van der Waals surface area contributed by atoms with Crippen LogP contribution in [-0.4, -0.2) is 37.7 Å². The van der Waals surface area contributed by atoms with E-state index in [1.54, 1.807) is 12.1 Å². The van der Waals surface area contributed by atoms with E-state index in [0.717, 1.165) is 27.9 Å². The first-order valence-corrected chi connectivity index (χ1v) is 12.5. The Balaban J connectivity index is 1.62. The van der Waals surface area contributed by atoms with Crippen LogP contribution in [0.15, 0.2) is 58.1 Å². The minimum Gasteiger partial charge on any atom is -0.493 e. The average molecular weight is 581 g/mol. The van der Waals surface area contributed by atoms with Gasteiger partial charge in [-0.3, -0.25) is 14.4 Å². The van der Waals surface area contributed by atoms with E-state index in [9.17, 15) is 14.4 Å². The van der Waals surface area contributed by atoms with Gasteiger partial charge in [0.25, 0.3) is 5.91 Å². The van der Waals surface area contributed by atoms with Crippen LogP contribution in [0.25, 0.3) is 0 Å². The molecule has 198 valence electrons. The molecule has 9 nitrogen and oxygen atoms in total. The SMILES string of the molecule is COc1cc(/C=N\NC(=O)C(=O)Nc2c(C)cccc2C)cc(Br)c1OCC(=O)Nc1c(C)cccc1C. The number of amides is 3. The maximum absolute atomic E-state index is 12.5. The van der Waals surface area contributed by atoms with Gasteiger partial charge in [0.05, 0.1) is 17.8 Å². The Labute approximate surface area is 229 Å². The third-order valence-corrected chi connectivity index (χ3v) is 6.24. The van der Waals surface area contributed by atoms with Crippen molar-refractivity contribution in [3.63, 3.8) is 0 Å². The molecule has 0 heterocycles. The lowest BCUT2D eigenvalue weighted by Crippen LogP contribution is -2.32. The normalized spacial score (nSPS) is 10.7. The van der Waals surface area contributed by atoms with Gasteiger partial charge in [0.2, 0.25) is 0 Å². The monoisotopic (exact) mass is 580 g/mol. The quantitative estimate of drug-likeness (QED) is 0.201. The van der Waals surface area contributed by atoms with Crippen LogP contribution >= 0.6 is 15.9 Å². The number of aryl methyl sites for hydroxylation is 4. The molecule has 0 aliphatic heterocycles. The molecule has 3 N–H and O–H groups in total. The summed E-state index contributed by atoms with van der Waals surface area (Å²) in [5.74, 6) is -1.38. The molecule has 0 aliphatic carbocycles. The zero-order chi connectivity index (χ0) is 27.8. The first-order valence-electron chi connectivity index (χ1n) is 11.7. The van der Waals surface area contributed by atoms with Crippen LogP contribution in [0.5, 0.6) is 11.5 Å². The number of hydrogen-bond acceptors (Lipinski definition) is 6. The highest BCUT2D eigenvalue weighted by Gasteiger charge is 2.16. The molecule has 38 heavy (non-hydrogen) atoms. The fourth-order valence-electron chi connectivity index (χ4n) is 3.68. The molecule has 0 spiro atoms. The summed E-state index contributed by atoms with van der Waals surface area (Å²) in [6.45, 7) is 7.29. The molecule has 0 aliphatic rings. The number of carbonyl (C=O) groups is 3. The molecule has 0 unspecified atom stereocenters. The molecule has 3 aromatic rings. The minimum absolute atomic E-state index is 0.234. The fourth-order valence-corrected chi connectivity index (χ4v) is 4.25. The Morgan fingerprint density at radius 1 is 0.868 bits per heavy atom. The summed E-state index contributed by atoms with van der Waals surface area (Å²) in [6.07, 6.45) is 1.36. The Kier molecular flexibility index (Phi) is 9.61. The molecule has 0 bridgehead atoms. The van der Waals surface area contributed by atoms with E-state index < -0.39 is 11.8 Å². The van der Waals surface area contributed by atoms with Crippen LogP contribution < -0.4 is 25.5 Å². The smallest absolute Gasteiger partial charge is 0.329 e. The van der Waals surface area contributed by atoms with Crippen molar-refractivity contribution in [1.29, 1.82) is 0 Å². The number of anilines is 2. The van der Waals surface area contributed by atoms with Crippen LogP contribution in [0, 0.1) is 27.7 Å². The van der Waals surface area contributed by atoms with Gasteiger partial charge in [-0.2, -0.15) is 5.10 Å². The summed E-state index contributed by atoms with van der Waals surface area (Å²) < 4.78 is 11.6. The molecule has 3 rings (SSSR count). The second-order valence-corrected chi connectivity index (χ2v) is 9.41. The van der Waals surface area contributed by atoms with Gasteiger partial charge in [-0.15, -0.1) is 0 Å². The van der Waals surface area contributed by atoms with E-state index in [4.69, 9.17) is 9.47 Å². The molecule has 3 aromatic carbocycles.